The molecule has 0 saturated carbocycles. The van der Waals surface area contributed by atoms with Gasteiger partial charge < -0.3 is 5.32 Å². The summed E-state index contributed by atoms with van der Waals surface area (Å²) in [5.41, 5.74) is 5.28. The van der Waals surface area contributed by atoms with E-state index in [1.165, 1.54) is 54.8 Å². The van der Waals surface area contributed by atoms with E-state index >= 15 is 0 Å². The number of anilines is 2. The molecule has 0 amide bonds. The van der Waals surface area contributed by atoms with E-state index in [1.54, 1.807) is 0 Å². The van der Waals surface area contributed by atoms with E-state index in [0.29, 0.717) is 0 Å². The summed E-state index contributed by atoms with van der Waals surface area (Å²) in [6, 6.07) is 31.0. The first-order chi connectivity index (χ1) is 13.4. The molecule has 0 radical (unpaired) electrons. The number of aryl methyl sites for hydroxylation is 2. The van der Waals surface area contributed by atoms with Crippen molar-refractivity contribution in [2.24, 2.45) is 0 Å². The van der Waals surface area contributed by atoms with Gasteiger partial charge in [0.25, 0.3) is 0 Å². The van der Waals surface area contributed by atoms with Gasteiger partial charge in [0.05, 0.1) is 0 Å². The highest BCUT2D eigenvalue weighted by atomic mass is 14.9. The number of nitrogens with one attached hydrogen (secondary N) is 1. The first-order valence-corrected chi connectivity index (χ1v) is 9.59. The highest BCUT2D eigenvalue weighted by molar-refractivity contribution is 6.25. The fourth-order valence-corrected chi connectivity index (χ4v) is 4.59. The van der Waals surface area contributed by atoms with Crippen molar-refractivity contribution in [1.29, 1.82) is 0 Å². The first kappa shape index (κ1) is 14.8. The van der Waals surface area contributed by atoms with Gasteiger partial charge in [0.15, 0.2) is 0 Å². The quantitative estimate of drug-likeness (QED) is 0.298. The number of hydrogen-bond acceptors (Lipinski definition) is 1. The van der Waals surface area contributed by atoms with Gasteiger partial charge in [-0.15, -0.1) is 0 Å². The van der Waals surface area contributed by atoms with E-state index < -0.39 is 0 Å². The number of benzene rings is 5. The second-order valence-electron chi connectivity index (χ2n) is 7.43. The molecule has 1 N–H and O–H groups in total. The maximum absolute atomic E-state index is 3.71. The van der Waals surface area contributed by atoms with Gasteiger partial charge in [0.1, 0.15) is 0 Å². The molecule has 5 aromatic carbocycles. The number of para-hydroxylation sites is 1. The van der Waals surface area contributed by atoms with Crippen molar-refractivity contribution in [3.63, 3.8) is 0 Å². The van der Waals surface area contributed by atoms with E-state index in [0.717, 1.165) is 12.8 Å². The summed E-state index contributed by atoms with van der Waals surface area (Å²) < 4.78 is 0. The Kier molecular flexibility index (Phi) is 3.06. The van der Waals surface area contributed by atoms with Crippen molar-refractivity contribution in [2.45, 2.75) is 12.8 Å². The molecule has 1 nitrogen and oxygen atoms in total. The second-order valence-corrected chi connectivity index (χ2v) is 7.43. The average Bonchev–Trinajstić information content (AvgIpc) is 2.91. The molecule has 0 aromatic heterocycles. The van der Waals surface area contributed by atoms with Gasteiger partial charge in [-0.2, -0.15) is 0 Å². The first-order valence-electron chi connectivity index (χ1n) is 9.59. The van der Waals surface area contributed by atoms with E-state index in [9.17, 15) is 0 Å². The largest absolute Gasteiger partial charge is 0.355 e. The zero-order chi connectivity index (χ0) is 17.8. The van der Waals surface area contributed by atoms with Crippen LogP contribution in [0.4, 0.5) is 11.4 Å². The van der Waals surface area contributed by atoms with Crippen LogP contribution in [0.25, 0.3) is 32.3 Å². The van der Waals surface area contributed by atoms with E-state index in [1.807, 2.05) is 0 Å². The van der Waals surface area contributed by atoms with Gasteiger partial charge in [0.2, 0.25) is 0 Å². The Morgan fingerprint density at radius 2 is 0.963 bits per heavy atom. The lowest BCUT2D eigenvalue weighted by molar-refractivity contribution is 0.979. The van der Waals surface area contributed by atoms with Crippen LogP contribution >= 0.6 is 0 Å². The summed E-state index contributed by atoms with van der Waals surface area (Å²) in [5.74, 6) is 0. The van der Waals surface area contributed by atoms with E-state index in [-0.39, 0.29) is 0 Å². The molecule has 1 heterocycles. The Hall–Kier alpha value is -3.32. The summed E-state index contributed by atoms with van der Waals surface area (Å²) >= 11 is 0. The van der Waals surface area contributed by atoms with Crippen LogP contribution in [0.5, 0.6) is 0 Å². The van der Waals surface area contributed by atoms with Crippen molar-refractivity contribution >= 4 is 43.7 Å². The third kappa shape index (κ3) is 2.18. The molecule has 0 saturated heterocycles. The van der Waals surface area contributed by atoms with Crippen LogP contribution in [0, 0.1) is 0 Å². The van der Waals surface area contributed by atoms with Gasteiger partial charge in [-0.3, -0.25) is 0 Å². The Bertz CT molecular complexity index is 1350. The van der Waals surface area contributed by atoms with Gasteiger partial charge in [-0.05, 0) is 74.5 Å². The van der Waals surface area contributed by atoms with E-state index in [4.69, 9.17) is 0 Å². The number of rotatable bonds is 0. The molecule has 0 aliphatic carbocycles. The fourth-order valence-electron chi connectivity index (χ4n) is 4.59. The minimum Gasteiger partial charge on any atom is -0.355 e. The van der Waals surface area contributed by atoms with Gasteiger partial charge in [-0.25, -0.2) is 0 Å². The predicted octanol–water partition coefficient (Wildman–Crippen LogP) is 6.99. The predicted molar refractivity (Wildman–Crippen MR) is 116 cm³/mol. The summed E-state index contributed by atoms with van der Waals surface area (Å²) in [6.45, 7) is 0. The van der Waals surface area contributed by atoms with Crippen molar-refractivity contribution in [2.75, 3.05) is 5.32 Å². The van der Waals surface area contributed by atoms with Gasteiger partial charge in [0, 0.05) is 11.4 Å². The maximum Gasteiger partial charge on any atom is 0.0423 e. The van der Waals surface area contributed by atoms with Crippen LogP contribution < -0.4 is 5.32 Å². The molecule has 1 aliphatic rings. The standard InChI is InChI=1S/C26H19N/c1-6-12-25-17(7-1)13-14-18-15-23-21-10-4-2-8-19(21)20-9-3-5-11-22(20)24(23)16-26(18)27-25/h1-12,15-16,27H,13-14H2. The lowest BCUT2D eigenvalue weighted by atomic mass is 9.92. The van der Waals surface area contributed by atoms with Crippen molar-refractivity contribution in [1.82, 2.24) is 0 Å². The zero-order valence-electron chi connectivity index (χ0n) is 15.0. The molecule has 1 heteroatoms. The third-order valence-electron chi connectivity index (χ3n) is 5.92. The molecule has 27 heavy (non-hydrogen) atoms. The molecule has 5 aromatic rings. The van der Waals surface area contributed by atoms with Crippen LogP contribution in [-0.4, -0.2) is 0 Å². The normalized spacial score (nSPS) is 13.2. The highest BCUT2D eigenvalue weighted by Crippen LogP contribution is 2.39. The van der Waals surface area contributed by atoms with Gasteiger partial charge in [-0.1, -0.05) is 66.7 Å². The topological polar surface area (TPSA) is 12.0 Å². The van der Waals surface area contributed by atoms with Crippen molar-refractivity contribution in [3.8, 4) is 0 Å². The molecule has 1 aliphatic heterocycles. The van der Waals surface area contributed by atoms with Crippen LogP contribution in [0.15, 0.2) is 84.9 Å². The molecule has 128 valence electrons. The number of fused-ring (bicyclic) bond motifs is 8. The monoisotopic (exact) mass is 345 g/mol. The maximum atomic E-state index is 3.71. The summed E-state index contributed by atoms with van der Waals surface area (Å²) in [6.07, 6.45) is 2.14. The van der Waals surface area contributed by atoms with Crippen LogP contribution in [-0.2, 0) is 12.8 Å². The third-order valence-corrected chi connectivity index (χ3v) is 5.92. The SMILES string of the molecule is c1ccc2c(c1)CCc1cc3c4ccccc4c4ccccc4c3cc1N2. The van der Waals surface area contributed by atoms with Crippen LogP contribution in [0.3, 0.4) is 0 Å². The summed E-state index contributed by atoms with van der Waals surface area (Å²) in [7, 11) is 0. The lowest BCUT2D eigenvalue weighted by Crippen LogP contribution is -1.94. The molecule has 0 spiro atoms. The van der Waals surface area contributed by atoms with Crippen molar-refractivity contribution in [3.05, 3.63) is 96.1 Å². The minimum absolute atomic E-state index is 1.07. The summed E-state index contributed by atoms with van der Waals surface area (Å²) in [4.78, 5) is 0. The molecule has 0 fully saturated rings. The molecule has 0 unspecified atom stereocenters. The molecular weight excluding hydrogens is 326 g/mol. The fraction of sp³-hybridized carbons (Fsp3) is 0.0769. The Morgan fingerprint density at radius 3 is 1.67 bits per heavy atom. The molecular formula is C26H19N. The summed E-state index contributed by atoms with van der Waals surface area (Å²) in [5, 5.41) is 11.7. The minimum atomic E-state index is 1.07. The van der Waals surface area contributed by atoms with Gasteiger partial charge >= 0.3 is 0 Å². The lowest BCUT2D eigenvalue weighted by Gasteiger charge is -2.15. The van der Waals surface area contributed by atoms with Crippen LogP contribution in [0.1, 0.15) is 11.1 Å². The van der Waals surface area contributed by atoms with Crippen LogP contribution in [0.2, 0.25) is 0 Å². The molecule has 6 rings (SSSR count). The Balaban J connectivity index is 1.73. The van der Waals surface area contributed by atoms with E-state index in [2.05, 4.69) is 90.2 Å². The second kappa shape index (κ2) is 5.59. The smallest absolute Gasteiger partial charge is 0.0423 e. The zero-order valence-corrected chi connectivity index (χ0v) is 15.0. The molecule has 0 bridgehead atoms. The van der Waals surface area contributed by atoms with Crippen molar-refractivity contribution < 1.29 is 0 Å². The molecule has 0 atom stereocenters. The number of hydrogen-bond donors (Lipinski definition) is 1. The highest BCUT2D eigenvalue weighted by Gasteiger charge is 2.16. The Morgan fingerprint density at radius 1 is 0.444 bits per heavy atom. The average molecular weight is 345 g/mol. The Labute approximate surface area is 158 Å².